The Balaban J connectivity index is 2.05. The van der Waals surface area contributed by atoms with E-state index in [4.69, 9.17) is 10.5 Å². The number of hydrogen-bond donors (Lipinski definition) is 2. The van der Waals surface area contributed by atoms with E-state index in [1.54, 1.807) is 7.11 Å². The lowest BCUT2D eigenvalue weighted by Gasteiger charge is -2.42. The average Bonchev–Trinajstić information content (AvgIpc) is 2.48. The van der Waals surface area contributed by atoms with Gasteiger partial charge in [-0.15, -0.1) is 0 Å². The average molecular weight is 278 g/mol. The lowest BCUT2D eigenvalue weighted by Crippen LogP contribution is -2.52. The Morgan fingerprint density at radius 3 is 2.70 bits per heavy atom. The topological polar surface area (TPSA) is 58.7 Å². The summed E-state index contributed by atoms with van der Waals surface area (Å²) in [5.74, 6) is 0. The number of hydrogen-bond acceptors (Lipinski definition) is 4. The summed E-state index contributed by atoms with van der Waals surface area (Å²) in [6.45, 7) is 4.00. The summed E-state index contributed by atoms with van der Waals surface area (Å²) >= 11 is 0. The second-order valence-corrected chi connectivity index (χ2v) is 5.88. The minimum Gasteiger partial charge on any atom is -0.384 e. The number of nitrogens with zero attached hydrogens (tertiary/aromatic N) is 1. The van der Waals surface area contributed by atoms with Gasteiger partial charge in [0.15, 0.2) is 0 Å². The molecule has 1 aromatic carbocycles. The van der Waals surface area contributed by atoms with Crippen LogP contribution in [0.4, 0.5) is 0 Å². The van der Waals surface area contributed by atoms with Crippen molar-refractivity contribution in [3.8, 4) is 0 Å². The fourth-order valence-electron chi connectivity index (χ4n) is 3.01. The first-order valence-electron chi connectivity index (χ1n) is 7.31. The zero-order valence-electron chi connectivity index (χ0n) is 12.5. The van der Waals surface area contributed by atoms with Crippen LogP contribution in [0.5, 0.6) is 0 Å². The van der Waals surface area contributed by atoms with Gasteiger partial charge in [0.25, 0.3) is 0 Å². The number of rotatable bonds is 5. The zero-order chi connectivity index (χ0) is 14.6. The SMILES string of the molecule is COC1CCN(CC(C)(O)c2ccccc2)C(CN)C1. The van der Waals surface area contributed by atoms with Crippen LogP contribution in [-0.2, 0) is 10.3 Å². The Kier molecular flexibility index (Phi) is 5.16. The fraction of sp³-hybridized carbons (Fsp3) is 0.625. The molecule has 0 amide bonds. The van der Waals surface area contributed by atoms with Crippen LogP contribution in [0.2, 0.25) is 0 Å². The number of nitrogens with two attached hydrogens (primary N) is 1. The molecule has 4 nitrogen and oxygen atoms in total. The second-order valence-electron chi connectivity index (χ2n) is 5.88. The summed E-state index contributed by atoms with van der Waals surface area (Å²) in [7, 11) is 1.76. The van der Waals surface area contributed by atoms with Crippen molar-refractivity contribution in [2.75, 3.05) is 26.7 Å². The van der Waals surface area contributed by atoms with Gasteiger partial charge in [-0.05, 0) is 25.3 Å². The van der Waals surface area contributed by atoms with Gasteiger partial charge >= 0.3 is 0 Å². The molecule has 1 heterocycles. The molecule has 2 rings (SSSR count). The highest BCUT2D eigenvalue weighted by molar-refractivity contribution is 5.22. The van der Waals surface area contributed by atoms with E-state index in [2.05, 4.69) is 4.90 Å². The van der Waals surface area contributed by atoms with E-state index in [0.29, 0.717) is 19.2 Å². The maximum Gasteiger partial charge on any atom is 0.0994 e. The van der Waals surface area contributed by atoms with Gasteiger partial charge < -0.3 is 15.6 Å². The van der Waals surface area contributed by atoms with Crippen LogP contribution in [-0.4, -0.2) is 48.9 Å². The molecule has 1 aliphatic rings. The largest absolute Gasteiger partial charge is 0.384 e. The fourth-order valence-corrected chi connectivity index (χ4v) is 3.01. The first-order chi connectivity index (χ1) is 9.56. The number of β-amino-alcohol motifs (C(OH)–C–C–N with tert-alkyl or cyclic N) is 1. The lowest BCUT2D eigenvalue weighted by atomic mass is 9.92. The molecule has 3 unspecified atom stereocenters. The number of aliphatic hydroxyl groups is 1. The quantitative estimate of drug-likeness (QED) is 0.853. The van der Waals surface area contributed by atoms with Gasteiger partial charge in [0.2, 0.25) is 0 Å². The number of likely N-dealkylation sites (tertiary alicyclic amines) is 1. The van der Waals surface area contributed by atoms with Crippen molar-refractivity contribution in [2.24, 2.45) is 5.73 Å². The Morgan fingerprint density at radius 2 is 2.10 bits per heavy atom. The van der Waals surface area contributed by atoms with Gasteiger partial charge in [-0.2, -0.15) is 0 Å². The van der Waals surface area contributed by atoms with E-state index in [1.165, 1.54) is 0 Å². The highest BCUT2D eigenvalue weighted by atomic mass is 16.5. The molecular weight excluding hydrogens is 252 g/mol. The normalized spacial score (nSPS) is 27.2. The van der Waals surface area contributed by atoms with E-state index in [0.717, 1.165) is 24.9 Å². The molecule has 3 atom stereocenters. The Hall–Kier alpha value is -0.940. The molecule has 1 aromatic rings. The van der Waals surface area contributed by atoms with Crippen LogP contribution in [0.25, 0.3) is 0 Å². The van der Waals surface area contributed by atoms with Gasteiger partial charge in [-0.25, -0.2) is 0 Å². The first-order valence-corrected chi connectivity index (χ1v) is 7.31. The Labute approximate surface area is 121 Å². The predicted octanol–water partition coefficient (Wildman–Crippen LogP) is 1.33. The maximum absolute atomic E-state index is 10.8. The number of ether oxygens (including phenoxy) is 1. The molecule has 0 bridgehead atoms. The third kappa shape index (κ3) is 3.58. The van der Waals surface area contributed by atoms with Gasteiger partial charge in [0, 0.05) is 32.8 Å². The van der Waals surface area contributed by atoms with Gasteiger partial charge in [0.05, 0.1) is 11.7 Å². The summed E-state index contributed by atoms with van der Waals surface area (Å²) in [4.78, 5) is 2.29. The molecule has 1 saturated heterocycles. The van der Waals surface area contributed by atoms with E-state index in [9.17, 15) is 5.11 Å². The summed E-state index contributed by atoms with van der Waals surface area (Å²) in [6, 6.07) is 10.1. The van der Waals surface area contributed by atoms with E-state index in [1.807, 2.05) is 37.3 Å². The van der Waals surface area contributed by atoms with Crippen molar-refractivity contribution in [3.05, 3.63) is 35.9 Å². The number of piperidine rings is 1. The highest BCUT2D eigenvalue weighted by Gasteiger charge is 2.33. The van der Waals surface area contributed by atoms with Crippen molar-refractivity contribution in [3.63, 3.8) is 0 Å². The van der Waals surface area contributed by atoms with Crippen LogP contribution in [0.15, 0.2) is 30.3 Å². The third-order valence-corrected chi connectivity index (χ3v) is 4.30. The molecule has 3 N–H and O–H groups in total. The molecule has 0 aliphatic carbocycles. The van der Waals surface area contributed by atoms with Crippen molar-refractivity contribution in [1.29, 1.82) is 0 Å². The van der Waals surface area contributed by atoms with Gasteiger partial charge in [-0.3, -0.25) is 4.90 Å². The molecule has 112 valence electrons. The van der Waals surface area contributed by atoms with E-state index >= 15 is 0 Å². The van der Waals surface area contributed by atoms with Crippen LogP contribution in [0.3, 0.4) is 0 Å². The Morgan fingerprint density at radius 1 is 1.40 bits per heavy atom. The van der Waals surface area contributed by atoms with Gasteiger partial charge in [-0.1, -0.05) is 30.3 Å². The van der Waals surface area contributed by atoms with E-state index in [-0.39, 0.29) is 6.04 Å². The van der Waals surface area contributed by atoms with Crippen LogP contribution < -0.4 is 5.73 Å². The molecule has 0 saturated carbocycles. The minimum absolute atomic E-state index is 0.281. The summed E-state index contributed by atoms with van der Waals surface area (Å²) in [6.07, 6.45) is 2.23. The molecule has 1 aliphatic heterocycles. The van der Waals surface area contributed by atoms with Crippen LogP contribution >= 0.6 is 0 Å². The standard InChI is InChI=1S/C16H26N2O2/c1-16(19,13-6-4-3-5-7-13)12-18-9-8-15(20-2)10-14(18)11-17/h3-7,14-15,19H,8-12,17H2,1-2H3. The highest BCUT2D eigenvalue weighted by Crippen LogP contribution is 2.26. The summed E-state index contributed by atoms with van der Waals surface area (Å²) in [5, 5.41) is 10.8. The maximum atomic E-state index is 10.8. The number of methoxy groups -OCH3 is 1. The summed E-state index contributed by atoms with van der Waals surface area (Å²) < 4.78 is 5.44. The van der Waals surface area contributed by atoms with Crippen molar-refractivity contribution < 1.29 is 9.84 Å². The van der Waals surface area contributed by atoms with Crippen molar-refractivity contribution >= 4 is 0 Å². The smallest absolute Gasteiger partial charge is 0.0994 e. The molecule has 1 fully saturated rings. The molecule has 0 aromatic heterocycles. The van der Waals surface area contributed by atoms with Crippen LogP contribution in [0.1, 0.15) is 25.3 Å². The second kappa shape index (κ2) is 6.68. The molecule has 0 radical (unpaired) electrons. The predicted molar refractivity (Wildman–Crippen MR) is 80.5 cm³/mol. The lowest BCUT2D eigenvalue weighted by molar-refractivity contribution is -0.0368. The first kappa shape index (κ1) is 15.4. The minimum atomic E-state index is -0.853. The third-order valence-electron chi connectivity index (χ3n) is 4.30. The van der Waals surface area contributed by atoms with Crippen molar-refractivity contribution in [1.82, 2.24) is 4.90 Å². The molecule has 0 spiro atoms. The Bertz CT molecular complexity index is 408. The molecule has 20 heavy (non-hydrogen) atoms. The molecular formula is C16H26N2O2. The van der Waals surface area contributed by atoms with Crippen molar-refractivity contribution in [2.45, 2.75) is 37.5 Å². The van der Waals surface area contributed by atoms with E-state index < -0.39 is 5.60 Å². The van der Waals surface area contributed by atoms with Gasteiger partial charge in [0.1, 0.15) is 0 Å². The zero-order valence-corrected chi connectivity index (χ0v) is 12.5. The monoisotopic (exact) mass is 278 g/mol. The van der Waals surface area contributed by atoms with Crippen LogP contribution in [0, 0.1) is 0 Å². The molecule has 4 heteroatoms. The number of benzene rings is 1. The summed E-state index contributed by atoms with van der Waals surface area (Å²) in [5.41, 5.74) is 5.99.